The summed E-state index contributed by atoms with van der Waals surface area (Å²) in [6, 6.07) is 58.4. The lowest BCUT2D eigenvalue weighted by molar-refractivity contribution is 0.700. The second kappa shape index (κ2) is 19.6. The Morgan fingerprint density at radius 3 is 2.12 bits per heavy atom. The molecule has 14 rings (SSSR count). The number of benzene rings is 8. The van der Waals surface area contributed by atoms with Crippen LogP contribution in [0.1, 0.15) is 103 Å². The van der Waals surface area contributed by atoms with Crippen LogP contribution in [0.5, 0.6) is 0 Å². The smallest absolute Gasteiger partial charge is 0.0632 e. The number of allylic oxidation sites excluding steroid dienone is 17. The number of anilines is 3. The van der Waals surface area contributed by atoms with E-state index in [1.807, 2.05) is 0 Å². The number of nitrogens with zero attached hydrogens (tertiary/aromatic N) is 2. The summed E-state index contributed by atoms with van der Waals surface area (Å²) in [5.74, 6) is 0.483. The van der Waals surface area contributed by atoms with Gasteiger partial charge >= 0.3 is 0 Å². The Morgan fingerprint density at radius 1 is 0.547 bits per heavy atom. The van der Waals surface area contributed by atoms with E-state index in [0.29, 0.717) is 0 Å². The fourth-order valence-corrected chi connectivity index (χ4v) is 13.5. The zero-order valence-electron chi connectivity index (χ0n) is 42.7. The van der Waals surface area contributed by atoms with E-state index in [4.69, 9.17) is 0 Å². The summed E-state index contributed by atoms with van der Waals surface area (Å²) in [6.07, 6.45) is 43.6. The highest BCUT2D eigenvalue weighted by Gasteiger charge is 2.34. The van der Waals surface area contributed by atoms with Gasteiger partial charge in [0.1, 0.15) is 0 Å². The summed E-state index contributed by atoms with van der Waals surface area (Å²) >= 11 is 0. The number of rotatable bonds is 9. The van der Waals surface area contributed by atoms with E-state index in [1.54, 1.807) is 0 Å². The van der Waals surface area contributed by atoms with Gasteiger partial charge in [-0.15, -0.1) is 0 Å². The first-order valence-electron chi connectivity index (χ1n) is 27.7. The number of fused-ring (bicyclic) bond motifs is 7. The molecule has 0 radical (unpaired) electrons. The minimum absolute atomic E-state index is 0.0209. The predicted molar refractivity (Wildman–Crippen MR) is 320 cm³/mol. The average molecular weight is 967 g/mol. The van der Waals surface area contributed by atoms with Crippen LogP contribution in [0, 0.1) is 0 Å². The summed E-state index contributed by atoms with van der Waals surface area (Å²) in [5.41, 5.74) is 20.0. The van der Waals surface area contributed by atoms with Crippen molar-refractivity contribution in [2.45, 2.75) is 82.1 Å². The van der Waals surface area contributed by atoms with Crippen LogP contribution in [-0.2, 0) is 6.42 Å². The molecule has 1 heterocycles. The summed E-state index contributed by atoms with van der Waals surface area (Å²) in [5, 5.41) is 8.01. The highest BCUT2D eigenvalue weighted by molar-refractivity contribution is 6.30. The van der Waals surface area contributed by atoms with E-state index in [-0.39, 0.29) is 17.9 Å². The molecule has 8 aromatic carbocycles. The summed E-state index contributed by atoms with van der Waals surface area (Å²) in [7, 11) is 0. The molecule has 0 saturated carbocycles. The molecule has 0 spiro atoms. The van der Waals surface area contributed by atoms with Crippen LogP contribution in [0.4, 0.5) is 17.1 Å². The van der Waals surface area contributed by atoms with E-state index >= 15 is 0 Å². The van der Waals surface area contributed by atoms with E-state index in [9.17, 15) is 0 Å². The summed E-state index contributed by atoms with van der Waals surface area (Å²) in [6.45, 7) is 0. The third kappa shape index (κ3) is 8.19. The van der Waals surface area contributed by atoms with Gasteiger partial charge in [-0.2, -0.15) is 0 Å². The van der Waals surface area contributed by atoms with Gasteiger partial charge in [0, 0.05) is 45.1 Å². The Morgan fingerprint density at radius 2 is 1.31 bits per heavy atom. The van der Waals surface area contributed by atoms with E-state index in [2.05, 4.69) is 247 Å². The van der Waals surface area contributed by atoms with E-state index in [1.165, 1.54) is 116 Å². The van der Waals surface area contributed by atoms with Crippen LogP contribution in [0.15, 0.2) is 254 Å². The monoisotopic (exact) mass is 966 g/mol. The highest BCUT2D eigenvalue weighted by atomic mass is 15.2. The molecule has 5 aliphatic carbocycles. The molecular weight excluding hydrogens is 905 g/mol. The SMILES string of the molecule is C1=CCC(c2cc(C3=CCCC=C3)c3ccc4c5cc(c6ccc2c3c46)N(C2CC=CC=C2c2ccccc2)c2cccc(c2)C(CCc2ccccc2)C2=CCCC(=C2)N5C2=C(c3ccccc3)CCC=C2)C=C1. The topological polar surface area (TPSA) is 6.48 Å². The fraction of sp³-hybridized carbons (Fsp3) is 0.178. The zero-order chi connectivity index (χ0) is 49.7. The van der Waals surface area contributed by atoms with Gasteiger partial charge in [-0.1, -0.05) is 200 Å². The van der Waals surface area contributed by atoms with E-state index < -0.39 is 0 Å². The lowest BCUT2D eigenvalue weighted by Gasteiger charge is -2.40. The largest absolute Gasteiger partial charge is 0.333 e. The Balaban J connectivity index is 1.13. The van der Waals surface area contributed by atoms with Crippen molar-refractivity contribution in [1.82, 2.24) is 0 Å². The molecule has 6 bridgehead atoms. The quantitative estimate of drug-likeness (QED) is 0.133. The van der Waals surface area contributed by atoms with Crippen LogP contribution in [0.3, 0.4) is 0 Å². The van der Waals surface area contributed by atoms with E-state index in [0.717, 1.165) is 64.2 Å². The second-order valence-electron chi connectivity index (χ2n) is 21.4. The molecule has 0 N–H and O–H groups in total. The van der Waals surface area contributed by atoms with Crippen LogP contribution >= 0.6 is 0 Å². The second-order valence-corrected chi connectivity index (χ2v) is 21.4. The third-order valence-corrected chi connectivity index (χ3v) is 17.1. The molecule has 0 fully saturated rings. The lowest BCUT2D eigenvalue weighted by atomic mass is 9.80. The fourth-order valence-electron chi connectivity index (χ4n) is 13.5. The highest BCUT2D eigenvalue weighted by Crippen LogP contribution is 2.53. The Labute approximate surface area is 442 Å². The molecule has 75 heavy (non-hydrogen) atoms. The molecule has 2 heteroatoms. The first-order valence-corrected chi connectivity index (χ1v) is 27.7. The van der Waals surface area contributed by atoms with Crippen molar-refractivity contribution < 1.29 is 0 Å². The maximum Gasteiger partial charge on any atom is 0.0632 e. The third-order valence-electron chi connectivity index (χ3n) is 17.1. The molecule has 0 saturated heterocycles. The average Bonchev–Trinajstić information content (AvgIpc) is 3.49. The van der Waals surface area contributed by atoms with Gasteiger partial charge < -0.3 is 9.80 Å². The molecule has 2 nitrogen and oxygen atoms in total. The van der Waals surface area contributed by atoms with Gasteiger partial charge in [-0.3, -0.25) is 0 Å². The van der Waals surface area contributed by atoms with Crippen molar-refractivity contribution in [2.24, 2.45) is 0 Å². The summed E-state index contributed by atoms with van der Waals surface area (Å²) in [4.78, 5) is 5.51. The molecule has 3 atom stereocenters. The van der Waals surface area contributed by atoms with Gasteiger partial charge in [0.25, 0.3) is 0 Å². The Bertz CT molecular complexity index is 3830. The van der Waals surface area contributed by atoms with Crippen molar-refractivity contribution in [2.75, 3.05) is 9.80 Å². The minimum atomic E-state index is 0.0209. The van der Waals surface area contributed by atoms with Gasteiger partial charge in [0.2, 0.25) is 0 Å². The standard InChI is InChI=1S/C73H62N2/c1-6-22-50(23-7-1)40-41-59-55-32-20-34-57(46-55)74(68-38-18-16-36-60(68)51-24-8-2-9-25-51)70-49-71(75(58-35-21-33-56(59)47-58)69-39-19-17-37-61(69)52-26-10-3-11-27-52)65-45-43-63-67(54-30-14-5-15-31-54)48-66(53-28-12-4-13-29-53)62-42-44-64(70)73(65)72(62)63/h1-4,6-14,16,18-20,22-28,30-34,36,39,42-49,53,59,68H,5,15,17,21,29,35,37-38,40-41H2. The first-order chi connectivity index (χ1) is 37.2. The van der Waals surface area contributed by atoms with Crippen LogP contribution in [0.2, 0.25) is 0 Å². The Hall–Kier alpha value is -8.20. The van der Waals surface area contributed by atoms with Crippen molar-refractivity contribution in [3.63, 3.8) is 0 Å². The zero-order valence-corrected chi connectivity index (χ0v) is 42.7. The number of aryl methyl sites for hydroxylation is 1. The predicted octanol–water partition coefficient (Wildman–Crippen LogP) is 19.4. The minimum Gasteiger partial charge on any atom is -0.333 e. The van der Waals surface area contributed by atoms with Gasteiger partial charge in [0.15, 0.2) is 0 Å². The van der Waals surface area contributed by atoms with Gasteiger partial charge in [0.05, 0.1) is 17.4 Å². The maximum atomic E-state index is 2.76. The lowest BCUT2D eigenvalue weighted by Crippen LogP contribution is -2.34. The molecule has 1 aliphatic heterocycles. The van der Waals surface area contributed by atoms with Gasteiger partial charge in [-0.25, -0.2) is 0 Å². The molecule has 8 aromatic rings. The normalized spacial score (nSPS) is 20.3. The van der Waals surface area contributed by atoms with Crippen molar-refractivity contribution in [3.8, 4) is 0 Å². The molecule has 0 amide bonds. The van der Waals surface area contributed by atoms with Gasteiger partial charge in [-0.05, 0) is 172 Å². The van der Waals surface area contributed by atoms with Crippen LogP contribution in [-0.4, -0.2) is 6.04 Å². The molecule has 364 valence electrons. The maximum absolute atomic E-state index is 2.76. The van der Waals surface area contributed by atoms with Crippen molar-refractivity contribution in [1.29, 1.82) is 0 Å². The van der Waals surface area contributed by atoms with Crippen molar-refractivity contribution >= 4 is 66.1 Å². The molecular formula is C73H62N2. The molecule has 3 unspecified atom stereocenters. The molecule has 0 aromatic heterocycles. The number of hydrogen-bond acceptors (Lipinski definition) is 2. The summed E-state index contributed by atoms with van der Waals surface area (Å²) < 4.78 is 0. The number of hydrogen-bond donors (Lipinski definition) is 0. The Kier molecular flexibility index (Phi) is 11.9. The first kappa shape index (κ1) is 45.4. The van der Waals surface area contributed by atoms with Crippen molar-refractivity contribution in [3.05, 3.63) is 287 Å². The van der Waals surface area contributed by atoms with Crippen LogP contribution in [0.25, 0.3) is 49.0 Å². The molecule has 6 aliphatic rings. The van der Waals surface area contributed by atoms with Crippen LogP contribution < -0.4 is 9.80 Å².